The molecule has 19 heavy (non-hydrogen) atoms. The maximum atomic E-state index is 6.41. The van der Waals surface area contributed by atoms with E-state index in [-0.39, 0.29) is 0 Å². The number of hydrogen-bond acceptors (Lipinski definition) is 3. The van der Waals surface area contributed by atoms with Crippen LogP contribution in [-0.4, -0.2) is 22.8 Å². The summed E-state index contributed by atoms with van der Waals surface area (Å²) >= 11 is 0. The van der Waals surface area contributed by atoms with E-state index in [1.807, 2.05) is 0 Å². The van der Waals surface area contributed by atoms with Gasteiger partial charge in [-0.3, -0.25) is 0 Å². The topological polar surface area (TPSA) is 53.1 Å². The normalized spacial score (nSPS) is 21.2. The molecule has 1 saturated heterocycles. The molecule has 2 heterocycles. The highest BCUT2D eigenvalue weighted by Crippen LogP contribution is 2.42. The predicted molar refractivity (Wildman–Crippen MR) is 76.2 cm³/mol. The number of hydrogen-bond donors (Lipinski definition) is 1. The van der Waals surface area contributed by atoms with Gasteiger partial charge < -0.3 is 15.0 Å². The molecule has 2 aliphatic rings. The summed E-state index contributed by atoms with van der Waals surface area (Å²) in [6.07, 6.45) is 4.68. The molecule has 1 saturated carbocycles. The van der Waals surface area contributed by atoms with Crippen LogP contribution in [0.5, 0.6) is 0 Å². The minimum atomic E-state index is 0.500. The Hall–Kier alpha value is -1.03. The first-order chi connectivity index (χ1) is 9.16. The number of nitrogens with two attached hydrogens (primary N) is 1. The van der Waals surface area contributed by atoms with Crippen molar-refractivity contribution in [3.8, 4) is 0 Å². The number of nitrogens with zero attached hydrogens (tertiary/aromatic N) is 2. The molecule has 0 unspecified atom stereocenters. The Kier molecular flexibility index (Phi) is 3.52. The van der Waals surface area contributed by atoms with Crippen molar-refractivity contribution >= 4 is 5.82 Å². The molecule has 3 rings (SSSR count). The highest BCUT2D eigenvalue weighted by atomic mass is 16.5. The largest absolute Gasteiger partial charge is 0.384 e. The highest BCUT2D eigenvalue weighted by Gasteiger charge is 2.32. The third-order valence-corrected chi connectivity index (χ3v) is 4.16. The van der Waals surface area contributed by atoms with Crippen LogP contribution in [0.4, 0.5) is 5.82 Å². The van der Waals surface area contributed by atoms with Gasteiger partial charge in [0.2, 0.25) is 0 Å². The third kappa shape index (κ3) is 2.64. The third-order valence-electron chi connectivity index (χ3n) is 4.16. The Balaban J connectivity index is 1.91. The van der Waals surface area contributed by atoms with E-state index in [1.54, 1.807) is 0 Å². The molecule has 0 aromatic carbocycles. The fourth-order valence-corrected chi connectivity index (χ4v) is 2.98. The van der Waals surface area contributed by atoms with Crippen LogP contribution >= 0.6 is 0 Å². The SMILES string of the molecule is CC(C)Cn1c(C2CC2)nc(C2CCOCC2)c1N. The van der Waals surface area contributed by atoms with Crippen molar-refractivity contribution in [2.75, 3.05) is 18.9 Å². The van der Waals surface area contributed by atoms with Crippen molar-refractivity contribution in [1.82, 2.24) is 9.55 Å². The molecular formula is C15H25N3O. The van der Waals surface area contributed by atoms with Crippen molar-refractivity contribution < 1.29 is 4.74 Å². The maximum Gasteiger partial charge on any atom is 0.127 e. The van der Waals surface area contributed by atoms with Gasteiger partial charge in [0, 0.05) is 31.6 Å². The van der Waals surface area contributed by atoms with Gasteiger partial charge in [0.1, 0.15) is 11.6 Å². The van der Waals surface area contributed by atoms with Crippen molar-refractivity contribution in [2.45, 2.75) is 57.9 Å². The number of rotatable bonds is 4. The van der Waals surface area contributed by atoms with Gasteiger partial charge in [0.05, 0.1) is 5.69 Å². The minimum Gasteiger partial charge on any atom is -0.384 e. The number of aromatic nitrogens is 2. The van der Waals surface area contributed by atoms with Crippen molar-refractivity contribution in [1.29, 1.82) is 0 Å². The molecule has 1 aromatic rings. The molecule has 0 radical (unpaired) electrons. The van der Waals surface area contributed by atoms with Gasteiger partial charge >= 0.3 is 0 Å². The predicted octanol–water partition coefficient (Wildman–Crippen LogP) is 2.89. The van der Waals surface area contributed by atoms with E-state index in [9.17, 15) is 0 Å². The van der Waals surface area contributed by atoms with Crippen LogP contribution in [0.2, 0.25) is 0 Å². The molecule has 2 fully saturated rings. The first kappa shape index (κ1) is 13.0. The fourth-order valence-electron chi connectivity index (χ4n) is 2.98. The van der Waals surface area contributed by atoms with E-state index in [0.29, 0.717) is 17.8 Å². The zero-order valence-corrected chi connectivity index (χ0v) is 12.1. The van der Waals surface area contributed by atoms with E-state index < -0.39 is 0 Å². The Bertz CT molecular complexity index is 442. The summed E-state index contributed by atoms with van der Waals surface area (Å²) in [5.41, 5.74) is 7.55. The van der Waals surface area contributed by atoms with Gasteiger partial charge in [-0.25, -0.2) is 4.98 Å². The molecule has 106 valence electrons. The summed E-state index contributed by atoms with van der Waals surface area (Å²) in [5.74, 6) is 3.93. The average Bonchev–Trinajstić information content (AvgIpc) is 3.18. The van der Waals surface area contributed by atoms with Crippen molar-refractivity contribution in [3.05, 3.63) is 11.5 Å². The Morgan fingerprint density at radius 2 is 1.89 bits per heavy atom. The quantitative estimate of drug-likeness (QED) is 0.908. The maximum absolute atomic E-state index is 6.41. The van der Waals surface area contributed by atoms with Gasteiger partial charge in [-0.15, -0.1) is 0 Å². The summed E-state index contributed by atoms with van der Waals surface area (Å²) in [5, 5.41) is 0. The van der Waals surface area contributed by atoms with Crippen LogP contribution in [0, 0.1) is 5.92 Å². The summed E-state index contributed by atoms with van der Waals surface area (Å²) in [6, 6.07) is 0. The molecule has 0 bridgehead atoms. The van der Waals surface area contributed by atoms with Crippen LogP contribution in [0.1, 0.15) is 62.9 Å². The average molecular weight is 263 g/mol. The van der Waals surface area contributed by atoms with E-state index in [2.05, 4.69) is 18.4 Å². The second-order valence-corrected chi connectivity index (χ2v) is 6.41. The number of nitrogen functional groups attached to an aromatic ring is 1. The number of ether oxygens (including phenoxy) is 1. The zero-order valence-electron chi connectivity index (χ0n) is 12.1. The smallest absolute Gasteiger partial charge is 0.127 e. The lowest BCUT2D eigenvalue weighted by atomic mass is 9.96. The van der Waals surface area contributed by atoms with Crippen LogP contribution in [0.3, 0.4) is 0 Å². The van der Waals surface area contributed by atoms with Crippen molar-refractivity contribution in [2.24, 2.45) is 5.92 Å². The first-order valence-corrected chi connectivity index (χ1v) is 7.60. The molecule has 1 aliphatic heterocycles. The standard InChI is InChI=1S/C15H25N3O/c1-10(2)9-18-14(16)13(11-5-7-19-8-6-11)17-15(18)12-3-4-12/h10-12H,3-9,16H2,1-2H3. The lowest BCUT2D eigenvalue weighted by Gasteiger charge is -2.21. The Labute approximate surface area is 115 Å². The monoisotopic (exact) mass is 263 g/mol. The molecule has 1 aromatic heterocycles. The minimum absolute atomic E-state index is 0.500. The van der Waals surface area contributed by atoms with Gasteiger partial charge in [-0.1, -0.05) is 13.8 Å². The van der Waals surface area contributed by atoms with E-state index >= 15 is 0 Å². The van der Waals surface area contributed by atoms with E-state index in [4.69, 9.17) is 15.5 Å². The molecule has 4 heteroatoms. The fraction of sp³-hybridized carbons (Fsp3) is 0.800. The van der Waals surface area contributed by atoms with Crippen LogP contribution in [-0.2, 0) is 11.3 Å². The molecule has 2 N–H and O–H groups in total. The molecule has 4 nitrogen and oxygen atoms in total. The molecular weight excluding hydrogens is 238 g/mol. The number of anilines is 1. The summed E-state index contributed by atoms with van der Waals surface area (Å²) in [4.78, 5) is 4.93. The first-order valence-electron chi connectivity index (χ1n) is 7.60. The summed E-state index contributed by atoms with van der Waals surface area (Å²) < 4.78 is 7.73. The van der Waals surface area contributed by atoms with Gasteiger partial charge in [-0.05, 0) is 31.6 Å². The van der Waals surface area contributed by atoms with E-state index in [1.165, 1.54) is 18.7 Å². The van der Waals surface area contributed by atoms with Gasteiger partial charge in [0.15, 0.2) is 0 Å². The van der Waals surface area contributed by atoms with E-state index in [0.717, 1.165) is 44.1 Å². The lowest BCUT2D eigenvalue weighted by molar-refractivity contribution is 0.0847. The Morgan fingerprint density at radius 3 is 2.47 bits per heavy atom. The number of imidazole rings is 1. The van der Waals surface area contributed by atoms with Crippen molar-refractivity contribution in [3.63, 3.8) is 0 Å². The van der Waals surface area contributed by atoms with Crippen LogP contribution in [0.15, 0.2) is 0 Å². The molecule has 1 aliphatic carbocycles. The highest BCUT2D eigenvalue weighted by molar-refractivity contribution is 5.42. The Morgan fingerprint density at radius 1 is 1.21 bits per heavy atom. The lowest BCUT2D eigenvalue weighted by Crippen LogP contribution is -2.16. The second-order valence-electron chi connectivity index (χ2n) is 6.41. The van der Waals surface area contributed by atoms with Crippen LogP contribution < -0.4 is 5.73 Å². The van der Waals surface area contributed by atoms with Crippen LogP contribution in [0.25, 0.3) is 0 Å². The zero-order chi connectivity index (χ0) is 13.4. The second kappa shape index (κ2) is 5.16. The summed E-state index contributed by atoms with van der Waals surface area (Å²) in [6.45, 7) is 7.17. The summed E-state index contributed by atoms with van der Waals surface area (Å²) in [7, 11) is 0. The van der Waals surface area contributed by atoms with Gasteiger partial charge in [-0.2, -0.15) is 0 Å². The molecule has 0 spiro atoms. The molecule has 0 amide bonds. The molecule has 0 atom stereocenters. The van der Waals surface area contributed by atoms with Gasteiger partial charge in [0.25, 0.3) is 0 Å².